The second kappa shape index (κ2) is 6.05. The smallest absolute Gasteiger partial charge is 0.354 e. The summed E-state index contributed by atoms with van der Waals surface area (Å²) in [6, 6.07) is 1.80. The van der Waals surface area contributed by atoms with Crippen molar-refractivity contribution in [3.05, 3.63) is 33.9 Å². The fraction of sp³-hybridized carbons (Fsp3) is 0.500. The van der Waals surface area contributed by atoms with Crippen molar-refractivity contribution in [1.29, 1.82) is 0 Å². The maximum atomic E-state index is 12.8. The number of rotatable bonds is 3. The van der Waals surface area contributed by atoms with Gasteiger partial charge in [0.15, 0.2) is 0 Å². The summed E-state index contributed by atoms with van der Waals surface area (Å²) in [6.45, 7) is 0.385. The molecule has 1 aromatic rings. The topological polar surface area (TPSA) is 66.7 Å². The van der Waals surface area contributed by atoms with Crippen LogP contribution in [0.4, 0.5) is 24.5 Å². The fourth-order valence-corrected chi connectivity index (χ4v) is 2.70. The molecule has 0 bridgehead atoms. The van der Waals surface area contributed by atoms with Gasteiger partial charge in [0.25, 0.3) is 5.69 Å². The predicted octanol–water partition coefficient (Wildman–Crippen LogP) is 2.67. The molecular formula is C14H16F3N3O3. The van der Waals surface area contributed by atoms with Crippen LogP contribution in [-0.2, 0) is 11.0 Å². The number of anilines is 1. The van der Waals surface area contributed by atoms with E-state index < -0.39 is 28.4 Å². The number of benzene rings is 1. The maximum Gasteiger partial charge on any atom is 0.416 e. The van der Waals surface area contributed by atoms with Crippen molar-refractivity contribution in [1.82, 2.24) is 4.90 Å². The quantitative estimate of drug-likeness (QED) is 0.631. The Hall–Kier alpha value is -2.32. The largest absolute Gasteiger partial charge is 0.416 e. The first-order chi connectivity index (χ1) is 10.6. The number of carbonyl (C=O) groups excluding carboxylic acids is 1. The molecule has 0 aliphatic carbocycles. The highest BCUT2D eigenvalue weighted by molar-refractivity contribution is 5.86. The van der Waals surface area contributed by atoms with E-state index in [1.807, 2.05) is 0 Å². The minimum Gasteiger partial charge on any atom is -0.354 e. The number of carbonyl (C=O) groups is 1. The summed E-state index contributed by atoms with van der Waals surface area (Å²) >= 11 is 0. The number of hydrogen-bond acceptors (Lipinski definition) is 4. The van der Waals surface area contributed by atoms with Crippen molar-refractivity contribution in [3.8, 4) is 0 Å². The fourth-order valence-electron chi connectivity index (χ4n) is 2.70. The van der Waals surface area contributed by atoms with Crippen LogP contribution < -0.4 is 4.90 Å². The van der Waals surface area contributed by atoms with E-state index in [0.717, 1.165) is 12.1 Å². The molecule has 2 rings (SSSR count). The summed E-state index contributed by atoms with van der Waals surface area (Å²) in [5, 5.41) is 11.2. The first kappa shape index (κ1) is 17.0. The Balaban J connectivity index is 2.46. The molecule has 0 unspecified atom stereocenters. The van der Waals surface area contributed by atoms with Crippen LogP contribution in [0.15, 0.2) is 18.2 Å². The Morgan fingerprint density at radius 3 is 2.57 bits per heavy atom. The molecule has 1 atom stereocenters. The summed E-state index contributed by atoms with van der Waals surface area (Å²) in [5.41, 5.74) is -1.68. The molecule has 0 aromatic heterocycles. The number of likely N-dealkylation sites (N-methyl/N-ethyl adjacent to an activating group) is 1. The van der Waals surface area contributed by atoms with Crippen molar-refractivity contribution < 1.29 is 22.9 Å². The lowest BCUT2D eigenvalue weighted by atomic mass is 10.1. The van der Waals surface area contributed by atoms with Gasteiger partial charge in [-0.25, -0.2) is 0 Å². The number of amides is 1. The standard InChI is InChI=1S/C14H16F3N3O3/c1-18(2)13(21)11-4-3-7-19(11)10-6-5-9(14(15,16)17)8-12(10)20(22)23/h5-6,8,11H,3-4,7H2,1-2H3/t11-/m1/s1. The van der Waals surface area contributed by atoms with Crippen molar-refractivity contribution in [2.45, 2.75) is 25.1 Å². The third-order valence-corrected chi connectivity index (χ3v) is 3.79. The van der Waals surface area contributed by atoms with E-state index in [9.17, 15) is 28.1 Å². The maximum absolute atomic E-state index is 12.8. The summed E-state index contributed by atoms with van der Waals surface area (Å²) in [7, 11) is 3.14. The molecule has 1 aliphatic heterocycles. The van der Waals surface area contributed by atoms with Gasteiger partial charge in [0.05, 0.1) is 10.5 Å². The first-order valence-electron chi connectivity index (χ1n) is 6.96. The van der Waals surface area contributed by atoms with E-state index in [1.165, 1.54) is 9.80 Å². The second-order valence-electron chi connectivity index (χ2n) is 5.54. The summed E-state index contributed by atoms with van der Waals surface area (Å²) in [6.07, 6.45) is -3.51. The van der Waals surface area contributed by atoms with Crippen molar-refractivity contribution in [2.75, 3.05) is 25.5 Å². The molecule has 6 nitrogen and oxygen atoms in total. The Bertz CT molecular complexity index is 631. The third-order valence-electron chi connectivity index (χ3n) is 3.79. The van der Waals surface area contributed by atoms with Gasteiger partial charge in [0.2, 0.25) is 5.91 Å². The molecule has 1 aliphatic rings. The SMILES string of the molecule is CN(C)C(=O)[C@H]1CCCN1c1ccc(C(F)(F)F)cc1[N+](=O)[O-]. The highest BCUT2D eigenvalue weighted by Gasteiger charge is 2.38. The zero-order chi connectivity index (χ0) is 17.4. The minimum absolute atomic E-state index is 0.0423. The van der Waals surface area contributed by atoms with Gasteiger partial charge in [-0.2, -0.15) is 13.2 Å². The number of nitro benzene ring substituents is 1. The van der Waals surface area contributed by atoms with Crippen LogP contribution >= 0.6 is 0 Å². The number of alkyl halides is 3. The second-order valence-corrected chi connectivity index (χ2v) is 5.54. The molecule has 0 radical (unpaired) electrons. The predicted molar refractivity (Wildman–Crippen MR) is 77.2 cm³/mol. The van der Waals surface area contributed by atoms with Crippen molar-refractivity contribution in [3.63, 3.8) is 0 Å². The highest BCUT2D eigenvalue weighted by atomic mass is 19.4. The van der Waals surface area contributed by atoms with Gasteiger partial charge in [-0.1, -0.05) is 0 Å². The van der Waals surface area contributed by atoms with E-state index >= 15 is 0 Å². The summed E-state index contributed by atoms with van der Waals surface area (Å²) < 4.78 is 38.3. The van der Waals surface area contributed by atoms with Crippen LogP contribution in [0.1, 0.15) is 18.4 Å². The van der Waals surface area contributed by atoms with Crippen LogP contribution in [0.5, 0.6) is 0 Å². The Kier molecular flexibility index (Phi) is 4.49. The minimum atomic E-state index is -4.66. The molecule has 0 saturated carbocycles. The van der Waals surface area contributed by atoms with Gasteiger partial charge < -0.3 is 9.80 Å². The van der Waals surface area contributed by atoms with Crippen LogP contribution in [-0.4, -0.2) is 42.4 Å². The van der Waals surface area contributed by atoms with E-state index in [2.05, 4.69) is 0 Å². The molecule has 1 heterocycles. The van der Waals surface area contributed by atoms with Gasteiger partial charge in [-0.3, -0.25) is 14.9 Å². The van der Waals surface area contributed by atoms with E-state index in [4.69, 9.17) is 0 Å². The lowest BCUT2D eigenvalue weighted by Gasteiger charge is -2.27. The Labute approximate surface area is 130 Å². The number of halogens is 3. The van der Waals surface area contributed by atoms with Gasteiger partial charge >= 0.3 is 6.18 Å². The Morgan fingerprint density at radius 2 is 2.04 bits per heavy atom. The van der Waals surface area contributed by atoms with Crippen LogP contribution in [0.25, 0.3) is 0 Å². The number of nitrogens with zero attached hydrogens (tertiary/aromatic N) is 3. The lowest BCUT2D eigenvalue weighted by Crippen LogP contribution is -2.43. The van der Waals surface area contributed by atoms with Crippen molar-refractivity contribution in [2.24, 2.45) is 0 Å². The number of hydrogen-bond donors (Lipinski definition) is 0. The molecular weight excluding hydrogens is 315 g/mol. The van der Waals surface area contributed by atoms with Gasteiger partial charge in [0.1, 0.15) is 11.7 Å². The van der Waals surface area contributed by atoms with Gasteiger partial charge in [-0.05, 0) is 25.0 Å². The van der Waals surface area contributed by atoms with Crippen molar-refractivity contribution >= 4 is 17.3 Å². The molecule has 126 valence electrons. The Morgan fingerprint density at radius 1 is 1.39 bits per heavy atom. The van der Waals surface area contributed by atoms with E-state index in [1.54, 1.807) is 14.1 Å². The molecule has 0 spiro atoms. The average Bonchev–Trinajstić information content (AvgIpc) is 2.93. The molecule has 1 amide bonds. The lowest BCUT2D eigenvalue weighted by molar-refractivity contribution is -0.384. The van der Waals surface area contributed by atoms with Crippen LogP contribution in [0.2, 0.25) is 0 Å². The van der Waals surface area contributed by atoms with Gasteiger partial charge in [-0.15, -0.1) is 0 Å². The zero-order valence-electron chi connectivity index (χ0n) is 12.6. The molecule has 23 heavy (non-hydrogen) atoms. The average molecular weight is 331 g/mol. The van der Waals surface area contributed by atoms with Crippen LogP contribution in [0, 0.1) is 10.1 Å². The summed E-state index contributed by atoms with van der Waals surface area (Å²) in [4.78, 5) is 25.4. The highest BCUT2D eigenvalue weighted by Crippen LogP contribution is 2.38. The molecule has 1 saturated heterocycles. The molecule has 1 aromatic carbocycles. The van der Waals surface area contributed by atoms with E-state index in [-0.39, 0.29) is 11.6 Å². The first-order valence-corrected chi connectivity index (χ1v) is 6.96. The number of nitro groups is 1. The molecule has 1 fully saturated rings. The summed E-state index contributed by atoms with van der Waals surface area (Å²) in [5.74, 6) is -0.225. The molecule has 0 N–H and O–H groups in total. The zero-order valence-corrected chi connectivity index (χ0v) is 12.6. The van der Waals surface area contributed by atoms with Crippen LogP contribution in [0.3, 0.4) is 0 Å². The molecule has 9 heteroatoms. The van der Waals surface area contributed by atoms with E-state index in [0.29, 0.717) is 25.5 Å². The van der Waals surface area contributed by atoms with Gasteiger partial charge in [0, 0.05) is 26.7 Å². The normalized spacial score (nSPS) is 18.1. The monoisotopic (exact) mass is 331 g/mol. The third kappa shape index (κ3) is 3.38.